The first-order valence-electron chi connectivity index (χ1n) is 7.11. The molecule has 0 heterocycles. The number of allylic oxidation sites excluding steroid dienone is 8. The summed E-state index contributed by atoms with van der Waals surface area (Å²) in [7, 11) is 0. The van der Waals surface area contributed by atoms with Crippen molar-refractivity contribution in [1.29, 1.82) is 0 Å². The van der Waals surface area contributed by atoms with Crippen molar-refractivity contribution in [2.24, 2.45) is 5.41 Å². The van der Waals surface area contributed by atoms with Crippen LogP contribution in [0.15, 0.2) is 39.5 Å². The minimum atomic E-state index is 0. The first kappa shape index (κ1) is 23.7. The quantitative estimate of drug-likeness (QED) is 0.560. The molecule has 0 N–H and O–H groups in total. The van der Waals surface area contributed by atoms with Crippen LogP contribution in [0, 0.1) is 11.5 Å². The van der Waals surface area contributed by atoms with Gasteiger partial charge in [0.05, 0.1) is 0 Å². The molecule has 0 saturated heterocycles. The van der Waals surface area contributed by atoms with Crippen molar-refractivity contribution in [1.82, 2.24) is 0 Å². The third-order valence-electron chi connectivity index (χ3n) is 4.78. The first-order valence-corrected chi connectivity index (χ1v) is 7.11. The summed E-state index contributed by atoms with van der Waals surface area (Å²) < 4.78 is 0. The van der Waals surface area contributed by atoms with Crippen molar-refractivity contribution in [3.05, 3.63) is 45.6 Å². The molecular formula is C18H25Cl2Zr. The van der Waals surface area contributed by atoms with Gasteiger partial charge in [-0.3, -0.25) is 6.08 Å². The van der Waals surface area contributed by atoms with Gasteiger partial charge in [0.1, 0.15) is 0 Å². The van der Waals surface area contributed by atoms with Crippen LogP contribution in [0.5, 0.6) is 0 Å². The third-order valence-corrected chi connectivity index (χ3v) is 4.78. The number of hydrogen-bond donors (Lipinski definition) is 0. The van der Waals surface area contributed by atoms with Gasteiger partial charge < -0.3 is 24.8 Å². The van der Waals surface area contributed by atoms with Crippen molar-refractivity contribution < 1.29 is 51.0 Å². The van der Waals surface area contributed by atoms with Crippen LogP contribution in [0.1, 0.15) is 60.8 Å². The fourth-order valence-corrected chi connectivity index (χ4v) is 3.35. The van der Waals surface area contributed by atoms with Crippen molar-refractivity contribution in [2.45, 2.75) is 60.8 Å². The maximum Gasteiger partial charge on any atom is 3.00 e. The Balaban J connectivity index is 0. The average molecular weight is 404 g/mol. The molecule has 3 heteroatoms. The minimum absolute atomic E-state index is 0. The van der Waals surface area contributed by atoms with Gasteiger partial charge in [-0.2, -0.15) is 11.6 Å². The molecular weight excluding hydrogens is 378 g/mol. The standard InChI is InChI=1S/C18H25.2ClH.Zr/c1-7-9-15-10-8-11-16(15)17-13(3)12(2)14(4)18(17,5)6;;;/h11H,7-9H2,1-6H3;2*1H;/q-1;;;+3/p-2. The Labute approximate surface area is 162 Å². The maximum absolute atomic E-state index is 3.54. The molecule has 0 atom stereocenters. The van der Waals surface area contributed by atoms with Crippen molar-refractivity contribution in [2.75, 3.05) is 0 Å². The zero-order valence-corrected chi connectivity index (χ0v) is 17.9. The maximum atomic E-state index is 3.54. The molecule has 0 saturated carbocycles. The van der Waals surface area contributed by atoms with Crippen molar-refractivity contribution in [3.8, 4) is 0 Å². The van der Waals surface area contributed by atoms with E-state index in [2.05, 4.69) is 53.7 Å². The molecule has 0 unspecified atom stereocenters. The zero-order valence-electron chi connectivity index (χ0n) is 14.0. The predicted molar refractivity (Wildman–Crippen MR) is 79.2 cm³/mol. The molecule has 0 aromatic heterocycles. The van der Waals surface area contributed by atoms with Crippen LogP contribution in [-0.4, -0.2) is 0 Å². The van der Waals surface area contributed by atoms with E-state index in [0.29, 0.717) is 0 Å². The van der Waals surface area contributed by atoms with Crippen LogP contribution in [0.3, 0.4) is 0 Å². The molecule has 0 aromatic rings. The van der Waals surface area contributed by atoms with E-state index < -0.39 is 0 Å². The van der Waals surface area contributed by atoms with Gasteiger partial charge in [-0.1, -0.05) is 44.8 Å². The fraction of sp³-hybridized carbons (Fsp3) is 0.556. The molecule has 115 valence electrons. The molecule has 2 aliphatic carbocycles. The summed E-state index contributed by atoms with van der Waals surface area (Å²) in [5.74, 6) is 0. The summed E-state index contributed by atoms with van der Waals surface area (Å²) in [6, 6.07) is 0. The van der Waals surface area contributed by atoms with E-state index in [1.807, 2.05) is 0 Å². The largest absolute Gasteiger partial charge is 3.00 e. The second-order valence-electron chi connectivity index (χ2n) is 6.10. The molecule has 0 aromatic carbocycles. The number of rotatable bonds is 3. The average Bonchev–Trinajstić information content (AvgIpc) is 2.80. The van der Waals surface area contributed by atoms with Crippen LogP contribution < -0.4 is 24.8 Å². The van der Waals surface area contributed by atoms with E-state index in [0.717, 1.165) is 12.8 Å². The van der Waals surface area contributed by atoms with E-state index in [1.165, 1.54) is 34.3 Å². The number of halogens is 2. The summed E-state index contributed by atoms with van der Waals surface area (Å²) in [5.41, 5.74) is 9.16. The SMILES string of the molecule is CCCC1=[C-]CC=C1C1=C(C)C(C)=C(C)C1(C)C.[Cl-].[Cl-].[Zr+3]. The van der Waals surface area contributed by atoms with Crippen molar-refractivity contribution >= 4 is 0 Å². The first-order chi connectivity index (χ1) is 8.41. The van der Waals surface area contributed by atoms with Crippen LogP contribution in [0.25, 0.3) is 0 Å². The van der Waals surface area contributed by atoms with Crippen LogP contribution in [0.2, 0.25) is 0 Å². The van der Waals surface area contributed by atoms with Gasteiger partial charge >= 0.3 is 26.2 Å². The summed E-state index contributed by atoms with van der Waals surface area (Å²) >= 11 is 0. The minimum Gasteiger partial charge on any atom is -1.00 e. The Morgan fingerprint density at radius 2 is 1.67 bits per heavy atom. The Hall–Kier alpha value is 0.423. The van der Waals surface area contributed by atoms with Crippen molar-refractivity contribution in [3.63, 3.8) is 0 Å². The van der Waals surface area contributed by atoms with Gasteiger partial charge in [0, 0.05) is 0 Å². The Morgan fingerprint density at radius 3 is 2.10 bits per heavy atom. The van der Waals surface area contributed by atoms with E-state index >= 15 is 0 Å². The summed E-state index contributed by atoms with van der Waals surface area (Å²) in [5, 5.41) is 0. The monoisotopic (exact) mass is 401 g/mol. The van der Waals surface area contributed by atoms with Gasteiger partial charge in [-0.15, -0.1) is 12.0 Å². The topological polar surface area (TPSA) is 0 Å². The normalized spacial score (nSPS) is 19.5. The molecule has 0 fully saturated rings. The van der Waals surface area contributed by atoms with Crippen LogP contribution >= 0.6 is 0 Å². The summed E-state index contributed by atoms with van der Waals surface area (Å²) in [6.07, 6.45) is 9.28. The molecule has 2 rings (SSSR count). The van der Waals surface area contributed by atoms with Gasteiger partial charge in [0.25, 0.3) is 0 Å². The smallest absolute Gasteiger partial charge is 1.00 e. The Bertz CT molecular complexity index is 505. The molecule has 0 aliphatic heterocycles. The second-order valence-corrected chi connectivity index (χ2v) is 6.10. The van der Waals surface area contributed by atoms with Gasteiger partial charge in [-0.05, 0) is 31.8 Å². The van der Waals surface area contributed by atoms with E-state index in [-0.39, 0.29) is 56.4 Å². The van der Waals surface area contributed by atoms with Gasteiger partial charge in [-0.25, -0.2) is 5.57 Å². The van der Waals surface area contributed by atoms with Crippen LogP contribution in [-0.2, 0) is 26.2 Å². The molecule has 0 spiro atoms. The third kappa shape index (κ3) is 4.04. The Kier molecular flexibility index (Phi) is 10.0. The molecule has 21 heavy (non-hydrogen) atoms. The summed E-state index contributed by atoms with van der Waals surface area (Å²) in [6.45, 7) is 13.8. The van der Waals surface area contributed by atoms with E-state index in [9.17, 15) is 0 Å². The molecule has 2 aliphatic rings. The summed E-state index contributed by atoms with van der Waals surface area (Å²) in [4.78, 5) is 0. The molecule has 0 bridgehead atoms. The van der Waals surface area contributed by atoms with Gasteiger partial charge in [0.2, 0.25) is 0 Å². The second kappa shape index (κ2) is 8.90. The predicted octanol–water partition coefficient (Wildman–Crippen LogP) is -0.456. The fourth-order valence-electron chi connectivity index (χ4n) is 3.35. The number of hydrogen-bond acceptors (Lipinski definition) is 0. The molecule has 0 nitrogen and oxygen atoms in total. The molecule has 1 radical (unpaired) electrons. The van der Waals surface area contributed by atoms with Gasteiger partial charge in [0.15, 0.2) is 0 Å². The Morgan fingerprint density at radius 1 is 1.10 bits per heavy atom. The molecule has 0 amide bonds. The van der Waals surface area contributed by atoms with Crippen LogP contribution in [0.4, 0.5) is 0 Å². The zero-order chi connectivity index (χ0) is 13.5. The van der Waals surface area contributed by atoms with E-state index in [1.54, 1.807) is 5.57 Å². The van der Waals surface area contributed by atoms with E-state index in [4.69, 9.17) is 0 Å².